The zero-order chi connectivity index (χ0) is 10.7. The van der Waals surface area contributed by atoms with Crippen LogP contribution in [0.3, 0.4) is 0 Å². The molecule has 78 valence electrons. The second kappa shape index (κ2) is 4.16. The van der Waals surface area contributed by atoms with E-state index in [1.54, 1.807) is 6.07 Å². The summed E-state index contributed by atoms with van der Waals surface area (Å²) in [5, 5.41) is 6.75. The Morgan fingerprint density at radius 3 is 3.07 bits per heavy atom. The van der Waals surface area contributed by atoms with Crippen molar-refractivity contribution in [1.29, 1.82) is 0 Å². The number of nitrogens with one attached hydrogen (secondary N) is 1. The predicted molar refractivity (Wildman–Crippen MR) is 53.6 cm³/mol. The van der Waals surface area contributed by atoms with Gasteiger partial charge in [0.1, 0.15) is 5.82 Å². The van der Waals surface area contributed by atoms with E-state index in [1.165, 1.54) is 6.20 Å². The number of aromatic amines is 1. The second-order valence-electron chi connectivity index (χ2n) is 3.21. The minimum absolute atomic E-state index is 0.378. The summed E-state index contributed by atoms with van der Waals surface area (Å²) in [6, 6.07) is 1.56. The number of rotatable bonds is 3. The maximum absolute atomic E-state index is 13.3. The first kappa shape index (κ1) is 9.76. The molecular formula is C10H11FN4. The van der Waals surface area contributed by atoms with Crippen LogP contribution in [0.4, 0.5) is 4.39 Å². The van der Waals surface area contributed by atoms with Gasteiger partial charge in [0.25, 0.3) is 0 Å². The molecule has 0 aliphatic carbocycles. The van der Waals surface area contributed by atoms with Crippen LogP contribution in [0, 0.1) is 5.82 Å². The zero-order valence-corrected chi connectivity index (χ0v) is 8.37. The van der Waals surface area contributed by atoms with Crippen molar-refractivity contribution in [3.05, 3.63) is 30.1 Å². The van der Waals surface area contributed by atoms with Gasteiger partial charge in [-0.1, -0.05) is 6.92 Å². The number of pyridine rings is 1. The average molecular weight is 206 g/mol. The van der Waals surface area contributed by atoms with Crippen molar-refractivity contribution in [3.8, 4) is 11.4 Å². The van der Waals surface area contributed by atoms with Crippen LogP contribution >= 0.6 is 0 Å². The van der Waals surface area contributed by atoms with Crippen LogP contribution in [-0.4, -0.2) is 20.2 Å². The first-order chi connectivity index (χ1) is 7.31. The quantitative estimate of drug-likeness (QED) is 0.835. The van der Waals surface area contributed by atoms with Gasteiger partial charge in [-0.2, -0.15) is 5.10 Å². The maximum atomic E-state index is 13.3. The third kappa shape index (κ3) is 2.01. The van der Waals surface area contributed by atoms with Crippen molar-refractivity contribution >= 4 is 0 Å². The van der Waals surface area contributed by atoms with Gasteiger partial charge in [0.15, 0.2) is 11.6 Å². The minimum Gasteiger partial charge on any atom is -0.263 e. The van der Waals surface area contributed by atoms with E-state index in [1.807, 2.05) is 0 Å². The number of hydrogen-bond donors (Lipinski definition) is 1. The van der Waals surface area contributed by atoms with Gasteiger partial charge in [0.05, 0.1) is 11.8 Å². The molecule has 0 aliphatic heterocycles. The largest absolute Gasteiger partial charge is 0.263 e. The molecule has 15 heavy (non-hydrogen) atoms. The molecule has 0 amide bonds. The van der Waals surface area contributed by atoms with E-state index in [9.17, 15) is 4.39 Å². The van der Waals surface area contributed by atoms with Crippen LogP contribution in [-0.2, 0) is 6.42 Å². The van der Waals surface area contributed by atoms with Crippen LogP contribution in [0.15, 0.2) is 18.5 Å². The fraction of sp³-hybridized carbons (Fsp3) is 0.300. The first-order valence-electron chi connectivity index (χ1n) is 4.82. The summed E-state index contributed by atoms with van der Waals surface area (Å²) in [7, 11) is 0. The van der Waals surface area contributed by atoms with Gasteiger partial charge in [-0.15, -0.1) is 0 Å². The molecule has 1 N–H and O–H groups in total. The lowest BCUT2D eigenvalue weighted by Gasteiger charge is -1.94. The predicted octanol–water partition coefficient (Wildman–Crippen LogP) is 1.96. The van der Waals surface area contributed by atoms with Crippen molar-refractivity contribution in [2.75, 3.05) is 0 Å². The molecule has 2 heterocycles. The van der Waals surface area contributed by atoms with Crippen LogP contribution in [0.1, 0.15) is 19.2 Å². The van der Waals surface area contributed by atoms with Gasteiger partial charge < -0.3 is 0 Å². The van der Waals surface area contributed by atoms with Crippen LogP contribution < -0.4 is 0 Å². The van der Waals surface area contributed by atoms with Gasteiger partial charge >= 0.3 is 0 Å². The SMILES string of the molecule is CCCc1nc(-c2ccncc2F)n[nH]1. The summed E-state index contributed by atoms with van der Waals surface area (Å²) >= 11 is 0. The summed E-state index contributed by atoms with van der Waals surface area (Å²) in [6.45, 7) is 2.05. The van der Waals surface area contributed by atoms with Gasteiger partial charge in [0, 0.05) is 12.6 Å². The van der Waals surface area contributed by atoms with E-state index in [0.717, 1.165) is 24.9 Å². The molecule has 0 aliphatic rings. The molecule has 2 rings (SSSR count). The minimum atomic E-state index is -0.403. The topological polar surface area (TPSA) is 54.5 Å². The fourth-order valence-electron chi connectivity index (χ4n) is 1.32. The first-order valence-corrected chi connectivity index (χ1v) is 4.82. The third-order valence-electron chi connectivity index (χ3n) is 2.03. The molecule has 0 atom stereocenters. The Bertz CT molecular complexity index is 452. The molecule has 2 aromatic rings. The fourth-order valence-corrected chi connectivity index (χ4v) is 1.32. The Hall–Kier alpha value is -1.78. The van der Waals surface area contributed by atoms with E-state index in [-0.39, 0.29) is 0 Å². The van der Waals surface area contributed by atoms with E-state index < -0.39 is 5.82 Å². The summed E-state index contributed by atoms with van der Waals surface area (Å²) in [5.41, 5.74) is 0.378. The second-order valence-corrected chi connectivity index (χ2v) is 3.21. The van der Waals surface area contributed by atoms with Crippen molar-refractivity contribution in [1.82, 2.24) is 20.2 Å². The molecule has 0 saturated heterocycles. The molecular weight excluding hydrogens is 195 g/mol. The number of aryl methyl sites for hydroxylation is 1. The average Bonchev–Trinajstić information content (AvgIpc) is 2.68. The van der Waals surface area contributed by atoms with Crippen molar-refractivity contribution in [3.63, 3.8) is 0 Å². The van der Waals surface area contributed by atoms with E-state index in [2.05, 4.69) is 27.1 Å². The Morgan fingerprint density at radius 1 is 1.47 bits per heavy atom. The van der Waals surface area contributed by atoms with Crippen LogP contribution in [0.5, 0.6) is 0 Å². The highest BCUT2D eigenvalue weighted by Crippen LogP contribution is 2.17. The van der Waals surface area contributed by atoms with E-state index in [0.29, 0.717) is 11.4 Å². The zero-order valence-electron chi connectivity index (χ0n) is 8.37. The number of nitrogens with zero attached hydrogens (tertiary/aromatic N) is 3. The van der Waals surface area contributed by atoms with Gasteiger partial charge in [-0.25, -0.2) is 9.37 Å². The lowest BCUT2D eigenvalue weighted by molar-refractivity contribution is 0.623. The molecule has 0 aromatic carbocycles. The monoisotopic (exact) mass is 206 g/mol. The van der Waals surface area contributed by atoms with E-state index >= 15 is 0 Å². The molecule has 0 bridgehead atoms. The molecule has 5 heteroatoms. The number of H-pyrrole nitrogens is 1. The summed E-state index contributed by atoms with van der Waals surface area (Å²) in [6.07, 6.45) is 4.48. The van der Waals surface area contributed by atoms with Crippen molar-refractivity contribution in [2.24, 2.45) is 0 Å². The molecule has 0 radical (unpaired) electrons. The molecule has 0 unspecified atom stereocenters. The Labute approximate surface area is 86.6 Å². The molecule has 4 nitrogen and oxygen atoms in total. The van der Waals surface area contributed by atoms with Crippen LogP contribution in [0.2, 0.25) is 0 Å². The Morgan fingerprint density at radius 2 is 2.33 bits per heavy atom. The summed E-state index contributed by atoms with van der Waals surface area (Å²) in [4.78, 5) is 7.87. The third-order valence-corrected chi connectivity index (χ3v) is 2.03. The number of halogens is 1. The normalized spacial score (nSPS) is 10.5. The highest BCUT2D eigenvalue weighted by atomic mass is 19.1. The summed E-state index contributed by atoms with van der Waals surface area (Å²) in [5.74, 6) is 0.765. The van der Waals surface area contributed by atoms with Crippen LogP contribution in [0.25, 0.3) is 11.4 Å². The molecule has 0 fully saturated rings. The Kier molecular flexibility index (Phi) is 2.71. The Balaban J connectivity index is 2.33. The molecule has 0 spiro atoms. The van der Waals surface area contributed by atoms with Crippen molar-refractivity contribution in [2.45, 2.75) is 19.8 Å². The number of hydrogen-bond acceptors (Lipinski definition) is 3. The van der Waals surface area contributed by atoms with Gasteiger partial charge in [-0.3, -0.25) is 10.1 Å². The van der Waals surface area contributed by atoms with Gasteiger partial charge in [-0.05, 0) is 12.5 Å². The smallest absolute Gasteiger partial charge is 0.184 e. The highest BCUT2D eigenvalue weighted by Gasteiger charge is 2.09. The molecule has 0 saturated carbocycles. The molecule has 2 aromatic heterocycles. The van der Waals surface area contributed by atoms with E-state index in [4.69, 9.17) is 0 Å². The lowest BCUT2D eigenvalue weighted by atomic mass is 10.2. The van der Waals surface area contributed by atoms with Crippen molar-refractivity contribution < 1.29 is 4.39 Å². The maximum Gasteiger partial charge on any atom is 0.184 e. The lowest BCUT2D eigenvalue weighted by Crippen LogP contribution is -1.88. The highest BCUT2D eigenvalue weighted by molar-refractivity contribution is 5.54. The standard InChI is InChI=1S/C10H11FN4/c1-2-3-9-13-10(15-14-9)7-4-5-12-6-8(7)11/h4-6H,2-3H2,1H3,(H,13,14,15). The number of aromatic nitrogens is 4. The summed E-state index contributed by atoms with van der Waals surface area (Å²) < 4.78 is 13.3. The van der Waals surface area contributed by atoms with Gasteiger partial charge in [0.2, 0.25) is 0 Å².